The van der Waals surface area contributed by atoms with Gasteiger partial charge in [0.15, 0.2) is 0 Å². The van der Waals surface area contributed by atoms with E-state index in [1.807, 2.05) is 6.92 Å². The zero-order valence-electron chi connectivity index (χ0n) is 12.5. The van der Waals surface area contributed by atoms with E-state index in [1.165, 1.54) is 25.7 Å². The molecule has 0 aromatic heterocycles. The maximum absolute atomic E-state index is 9.42. The molecule has 3 atom stereocenters. The summed E-state index contributed by atoms with van der Waals surface area (Å²) in [4.78, 5) is 2.33. The zero-order valence-corrected chi connectivity index (χ0v) is 12.5. The number of hydrogen-bond acceptors (Lipinski definition) is 4. The van der Waals surface area contributed by atoms with Gasteiger partial charge in [-0.1, -0.05) is 0 Å². The van der Waals surface area contributed by atoms with E-state index in [1.54, 1.807) is 0 Å². The summed E-state index contributed by atoms with van der Waals surface area (Å²) in [6, 6.07) is 3.42. The Morgan fingerprint density at radius 2 is 2.21 bits per heavy atom. The molecule has 0 radical (unpaired) electrons. The summed E-state index contributed by atoms with van der Waals surface area (Å²) in [5.41, 5.74) is -0.397. The van der Waals surface area contributed by atoms with E-state index in [4.69, 9.17) is 4.74 Å². The van der Waals surface area contributed by atoms with Gasteiger partial charge in [-0.2, -0.15) is 5.26 Å². The summed E-state index contributed by atoms with van der Waals surface area (Å²) in [5, 5.41) is 12.9. The van der Waals surface area contributed by atoms with Gasteiger partial charge in [0.05, 0.1) is 12.2 Å². The lowest BCUT2D eigenvalue weighted by Gasteiger charge is -2.33. The lowest BCUT2D eigenvalue weighted by molar-refractivity contribution is 0.0660. The summed E-state index contributed by atoms with van der Waals surface area (Å²) in [6.07, 6.45) is 6.05. The Morgan fingerprint density at radius 1 is 1.47 bits per heavy atom. The van der Waals surface area contributed by atoms with E-state index in [0.717, 1.165) is 19.6 Å². The van der Waals surface area contributed by atoms with E-state index in [0.29, 0.717) is 18.2 Å². The van der Waals surface area contributed by atoms with Crippen LogP contribution in [0.3, 0.4) is 0 Å². The van der Waals surface area contributed by atoms with E-state index in [9.17, 15) is 5.26 Å². The third-order valence-corrected chi connectivity index (χ3v) is 4.32. The van der Waals surface area contributed by atoms with Crippen molar-refractivity contribution in [3.05, 3.63) is 0 Å². The van der Waals surface area contributed by atoms with Gasteiger partial charge in [-0.15, -0.1) is 0 Å². The van der Waals surface area contributed by atoms with Gasteiger partial charge in [-0.3, -0.25) is 5.32 Å². The predicted molar refractivity (Wildman–Crippen MR) is 75.9 cm³/mol. The first-order valence-electron chi connectivity index (χ1n) is 7.53. The highest BCUT2D eigenvalue weighted by Crippen LogP contribution is 2.25. The van der Waals surface area contributed by atoms with E-state index < -0.39 is 5.54 Å². The summed E-state index contributed by atoms with van der Waals surface area (Å²) >= 11 is 0. The lowest BCUT2D eigenvalue weighted by atomic mass is 9.94. The summed E-state index contributed by atoms with van der Waals surface area (Å²) in [6.45, 7) is 6.12. The van der Waals surface area contributed by atoms with Gasteiger partial charge in [0, 0.05) is 25.2 Å². The van der Waals surface area contributed by atoms with Crippen LogP contribution in [0.4, 0.5) is 0 Å². The molecule has 1 aliphatic carbocycles. The van der Waals surface area contributed by atoms with Gasteiger partial charge in [0.25, 0.3) is 0 Å². The first-order chi connectivity index (χ1) is 9.02. The molecular formula is C15H27N3O. The van der Waals surface area contributed by atoms with E-state index in [2.05, 4.69) is 30.3 Å². The first kappa shape index (κ1) is 14.8. The Balaban J connectivity index is 1.80. The molecule has 2 aliphatic rings. The summed E-state index contributed by atoms with van der Waals surface area (Å²) in [7, 11) is 2.14. The minimum atomic E-state index is -0.397. The van der Waals surface area contributed by atoms with Crippen LogP contribution in [-0.2, 0) is 4.74 Å². The minimum absolute atomic E-state index is 0.386. The lowest BCUT2D eigenvalue weighted by Crippen LogP contribution is -2.48. The quantitative estimate of drug-likeness (QED) is 0.764. The Hall–Kier alpha value is -0.630. The van der Waals surface area contributed by atoms with Crippen molar-refractivity contribution in [3.8, 4) is 6.07 Å². The Labute approximate surface area is 117 Å². The van der Waals surface area contributed by atoms with Crippen LogP contribution in [0.25, 0.3) is 0 Å². The number of likely N-dealkylation sites (N-methyl/N-ethyl adjacent to an activating group) is 1. The smallest absolute Gasteiger partial charge is 0.105 e. The second kappa shape index (κ2) is 6.21. The maximum atomic E-state index is 9.42. The van der Waals surface area contributed by atoms with Crippen molar-refractivity contribution >= 4 is 0 Å². The zero-order chi connectivity index (χ0) is 13.9. The highest BCUT2D eigenvalue weighted by molar-refractivity contribution is 5.08. The Morgan fingerprint density at radius 3 is 2.74 bits per heavy atom. The SMILES string of the molecule is CC(CC(C)(C#N)NC1CC1)N(C)CC1CCCO1. The van der Waals surface area contributed by atoms with Crippen LogP contribution in [-0.4, -0.2) is 48.8 Å². The van der Waals surface area contributed by atoms with Gasteiger partial charge in [-0.05, 0) is 53.0 Å². The maximum Gasteiger partial charge on any atom is 0.105 e. The third kappa shape index (κ3) is 4.45. The number of nitrogens with zero attached hydrogens (tertiary/aromatic N) is 2. The molecule has 19 heavy (non-hydrogen) atoms. The fourth-order valence-electron chi connectivity index (χ4n) is 2.85. The largest absolute Gasteiger partial charge is 0.377 e. The molecule has 0 bridgehead atoms. The van der Waals surface area contributed by atoms with Crippen LogP contribution in [0, 0.1) is 11.3 Å². The molecule has 1 saturated heterocycles. The molecule has 2 rings (SSSR count). The standard InChI is InChI=1S/C15H27N3O/c1-12(18(3)10-14-5-4-8-19-14)9-15(2,11-16)17-13-6-7-13/h12-14,17H,4-10H2,1-3H3. The molecule has 108 valence electrons. The molecule has 1 saturated carbocycles. The second-order valence-corrected chi connectivity index (χ2v) is 6.49. The fraction of sp³-hybridized carbons (Fsp3) is 0.933. The van der Waals surface area contributed by atoms with E-state index in [-0.39, 0.29) is 0 Å². The molecule has 4 nitrogen and oxygen atoms in total. The van der Waals surface area contributed by atoms with Gasteiger partial charge >= 0.3 is 0 Å². The molecule has 2 fully saturated rings. The molecule has 1 aliphatic heterocycles. The van der Waals surface area contributed by atoms with Crippen molar-refractivity contribution in [3.63, 3.8) is 0 Å². The first-order valence-corrected chi connectivity index (χ1v) is 7.53. The van der Waals surface area contributed by atoms with Gasteiger partial charge in [0.1, 0.15) is 5.54 Å². The molecule has 0 spiro atoms. The summed E-state index contributed by atoms with van der Waals surface area (Å²) < 4.78 is 5.68. The van der Waals surface area contributed by atoms with Crippen molar-refractivity contribution in [2.45, 2.75) is 69.7 Å². The Bertz CT molecular complexity index is 331. The minimum Gasteiger partial charge on any atom is -0.377 e. The highest BCUT2D eigenvalue weighted by atomic mass is 16.5. The molecular weight excluding hydrogens is 238 g/mol. The average molecular weight is 265 g/mol. The van der Waals surface area contributed by atoms with E-state index >= 15 is 0 Å². The van der Waals surface area contributed by atoms with Crippen LogP contribution >= 0.6 is 0 Å². The van der Waals surface area contributed by atoms with Crippen molar-refractivity contribution in [2.75, 3.05) is 20.2 Å². The van der Waals surface area contributed by atoms with Crippen molar-refractivity contribution in [1.82, 2.24) is 10.2 Å². The van der Waals surface area contributed by atoms with Gasteiger partial charge < -0.3 is 9.64 Å². The third-order valence-electron chi connectivity index (χ3n) is 4.32. The van der Waals surface area contributed by atoms with Crippen LogP contribution in [0.1, 0.15) is 46.0 Å². The normalized spacial score (nSPS) is 28.1. The number of nitriles is 1. The number of hydrogen-bond donors (Lipinski definition) is 1. The van der Waals surface area contributed by atoms with Crippen molar-refractivity contribution in [1.29, 1.82) is 5.26 Å². The number of nitrogens with one attached hydrogen (secondary N) is 1. The second-order valence-electron chi connectivity index (χ2n) is 6.49. The van der Waals surface area contributed by atoms with Crippen molar-refractivity contribution in [2.24, 2.45) is 0 Å². The number of ether oxygens (including phenoxy) is 1. The molecule has 0 aromatic rings. The fourth-order valence-corrected chi connectivity index (χ4v) is 2.85. The van der Waals surface area contributed by atoms with Crippen LogP contribution < -0.4 is 5.32 Å². The topological polar surface area (TPSA) is 48.3 Å². The molecule has 1 heterocycles. The van der Waals surface area contributed by atoms with Crippen LogP contribution in [0.2, 0.25) is 0 Å². The highest BCUT2D eigenvalue weighted by Gasteiger charge is 2.34. The van der Waals surface area contributed by atoms with Crippen LogP contribution in [0.5, 0.6) is 0 Å². The van der Waals surface area contributed by atoms with Gasteiger partial charge in [0.2, 0.25) is 0 Å². The molecule has 1 N–H and O–H groups in total. The molecule has 0 aromatic carbocycles. The number of rotatable bonds is 7. The van der Waals surface area contributed by atoms with Gasteiger partial charge in [-0.25, -0.2) is 0 Å². The van der Waals surface area contributed by atoms with Crippen LogP contribution in [0.15, 0.2) is 0 Å². The van der Waals surface area contributed by atoms with Crippen molar-refractivity contribution < 1.29 is 4.74 Å². The monoisotopic (exact) mass is 265 g/mol. The molecule has 0 amide bonds. The summed E-state index contributed by atoms with van der Waals surface area (Å²) in [5.74, 6) is 0. The average Bonchev–Trinajstić information content (AvgIpc) is 3.02. The Kier molecular flexibility index (Phi) is 4.83. The molecule has 3 unspecified atom stereocenters. The predicted octanol–water partition coefficient (Wildman–Crippen LogP) is 1.91. The molecule has 4 heteroatoms.